The van der Waals surface area contributed by atoms with Gasteiger partial charge in [-0.15, -0.1) is 0 Å². The Morgan fingerprint density at radius 3 is 2.96 bits per heavy atom. The molecule has 0 aliphatic rings. The summed E-state index contributed by atoms with van der Waals surface area (Å²) in [4.78, 5) is 28.8. The van der Waals surface area contributed by atoms with Gasteiger partial charge in [-0.3, -0.25) is 14.2 Å². The first-order chi connectivity index (χ1) is 12.2. The number of rotatable bonds is 8. The number of furan rings is 1. The van der Waals surface area contributed by atoms with Gasteiger partial charge < -0.3 is 19.8 Å². The number of hydrogen-bond acceptors (Lipinski definition) is 6. The first kappa shape index (κ1) is 17.1. The fourth-order valence-electron chi connectivity index (χ4n) is 2.53. The Labute approximate surface area is 143 Å². The normalized spacial score (nSPS) is 11.2. The van der Waals surface area contributed by atoms with E-state index >= 15 is 0 Å². The molecule has 25 heavy (non-hydrogen) atoms. The molecule has 2 heterocycles. The largest absolute Gasteiger partial charge is 0.448 e. The van der Waals surface area contributed by atoms with Crippen LogP contribution in [0.3, 0.4) is 0 Å². The molecule has 1 amide bonds. The van der Waals surface area contributed by atoms with Crippen LogP contribution in [-0.4, -0.2) is 48.8 Å². The molecule has 0 saturated heterocycles. The fourth-order valence-corrected chi connectivity index (χ4v) is 2.53. The van der Waals surface area contributed by atoms with E-state index in [1.54, 1.807) is 13.2 Å². The van der Waals surface area contributed by atoms with Crippen LogP contribution in [0.25, 0.3) is 22.1 Å². The zero-order valence-corrected chi connectivity index (χ0v) is 13.9. The van der Waals surface area contributed by atoms with E-state index in [0.717, 1.165) is 11.9 Å². The van der Waals surface area contributed by atoms with E-state index in [1.807, 2.05) is 18.2 Å². The van der Waals surface area contributed by atoms with Crippen LogP contribution in [0.2, 0.25) is 0 Å². The van der Waals surface area contributed by atoms with E-state index in [0.29, 0.717) is 30.8 Å². The number of amides is 1. The smallest absolute Gasteiger partial charge is 0.297 e. The van der Waals surface area contributed by atoms with Gasteiger partial charge in [-0.1, -0.05) is 12.1 Å². The summed E-state index contributed by atoms with van der Waals surface area (Å²) in [5.41, 5.74) is 0.915. The van der Waals surface area contributed by atoms with Crippen LogP contribution >= 0.6 is 0 Å². The van der Waals surface area contributed by atoms with Crippen molar-refractivity contribution in [1.82, 2.24) is 20.2 Å². The van der Waals surface area contributed by atoms with E-state index in [9.17, 15) is 9.59 Å². The van der Waals surface area contributed by atoms with E-state index in [4.69, 9.17) is 9.15 Å². The Balaban J connectivity index is 1.65. The Morgan fingerprint density at radius 1 is 1.28 bits per heavy atom. The molecule has 0 radical (unpaired) electrons. The number of para-hydroxylation sites is 1. The van der Waals surface area contributed by atoms with Gasteiger partial charge in [-0.2, -0.15) is 0 Å². The molecular weight excluding hydrogens is 324 g/mol. The average Bonchev–Trinajstić information content (AvgIpc) is 3.00. The monoisotopic (exact) mass is 344 g/mol. The number of ether oxygens (including phenoxy) is 1. The Morgan fingerprint density at radius 2 is 2.12 bits per heavy atom. The van der Waals surface area contributed by atoms with Gasteiger partial charge in [0.1, 0.15) is 17.6 Å². The minimum Gasteiger partial charge on any atom is -0.448 e. The molecule has 0 aliphatic carbocycles. The number of aromatic nitrogens is 2. The number of carbonyl (C=O) groups is 1. The minimum absolute atomic E-state index is 0.100. The third-order valence-electron chi connectivity index (χ3n) is 3.77. The highest BCUT2D eigenvalue weighted by Gasteiger charge is 2.14. The van der Waals surface area contributed by atoms with Crippen molar-refractivity contribution < 1.29 is 13.9 Å². The molecule has 0 aliphatic heterocycles. The number of hydrogen-bond donors (Lipinski definition) is 2. The van der Waals surface area contributed by atoms with Gasteiger partial charge in [0.2, 0.25) is 11.5 Å². The SMILES string of the molecule is COCCNCCNC(=O)Cn1cnc2c(oc3ccccc32)c1=O. The second-order valence-electron chi connectivity index (χ2n) is 5.55. The highest BCUT2D eigenvalue weighted by atomic mass is 16.5. The number of fused-ring (bicyclic) bond motifs is 3. The zero-order chi connectivity index (χ0) is 17.6. The molecule has 0 spiro atoms. The molecule has 0 atom stereocenters. The van der Waals surface area contributed by atoms with Crippen LogP contribution in [0.5, 0.6) is 0 Å². The van der Waals surface area contributed by atoms with Crippen molar-refractivity contribution >= 4 is 28.0 Å². The van der Waals surface area contributed by atoms with Gasteiger partial charge in [0.15, 0.2) is 0 Å². The zero-order valence-electron chi connectivity index (χ0n) is 13.9. The highest BCUT2D eigenvalue weighted by molar-refractivity contribution is 6.01. The Hall–Kier alpha value is -2.71. The van der Waals surface area contributed by atoms with Crippen molar-refractivity contribution in [2.24, 2.45) is 0 Å². The molecule has 3 rings (SSSR count). The van der Waals surface area contributed by atoms with Crippen LogP contribution < -0.4 is 16.2 Å². The van der Waals surface area contributed by atoms with Crippen molar-refractivity contribution in [3.8, 4) is 0 Å². The Kier molecular flexibility index (Phi) is 5.42. The predicted molar refractivity (Wildman–Crippen MR) is 93.5 cm³/mol. The van der Waals surface area contributed by atoms with E-state index in [-0.39, 0.29) is 23.6 Å². The summed E-state index contributed by atoms with van der Waals surface area (Å²) in [5.74, 6) is -0.257. The van der Waals surface area contributed by atoms with Crippen LogP contribution in [0.4, 0.5) is 0 Å². The van der Waals surface area contributed by atoms with Crippen LogP contribution in [0.1, 0.15) is 0 Å². The van der Waals surface area contributed by atoms with Crippen molar-refractivity contribution in [2.45, 2.75) is 6.54 Å². The molecule has 8 nitrogen and oxygen atoms in total. The van der Waals surface area contributed by atoms with E-state index in [1.165, 1.54) is 10.9 Å². The molecule has 1 aromatic carbocycles. The van der Waals surface area contributed by atoms with Crippen molar-refractivity contribution in [3.63, 3.8) is 0 Å². The van der Waals surface area contributed by atoms with E-state index in [2.05, 4.69) is 15.6 Å². The van der Waals surface area contributed by atoms with Gasteiger partial charge in [0.05, 0.1) is 12.9 Å². The summed E-state index contributed by atoms with van der Waals surface area (Å²) < 4.78 is 11.8. The van der Waals surface area contributed by atoms with Gasteiger partial charge in [-0.05, 0) is 12.1 Å². The molecule has 0 saturated carbocycles. The molecular formula is C17H20N4O4. The molecule has 2 N–H and O–H groups in total. The summed E-state index contributed by atoms with van der Waals surface area (Å²) in [6.07, 6.45) is 1.38. The summed E-state index contributed by atoms with van der Waals surface area (Å²) in [6, 6.07) is 7.32. The number of benzene rings is 1. The third-order valence-corrected chi connectivity index (χ3v) is 3.77. The summed E-state index contributed by atoms with van der Waals surface area (Å²) in [6.45, 7) is 2.34. The molecule has 3 aromatic rings. The number of methoxy groups -OCH3 is 1. The first-order valence-corrected chi connectivity index (χ1v) is 8.03. The summed E-state index contributed by atoms with van der Waals surface area (Å²) in [5, 5.41) is 6.66. The van der Waals surface area contributed by atoms with Gasteiger partial charge in [0, 0.05) is 32.1 Å². The first-order valence-electron chi connectivity index (χ1n) is 8.03. The molecule has 0 bridgehead atoms. The maximum absolute atomic E-state index is 12.5. The van der Waals surface area contributed by atoms with Gasteiger partial charge in [0.25, 0.3) is 5.56 Å². The van der Waals surface area contributed by atoms with Crippen LogP contribution in [-0.2, 0) is 16.1 Å². The minimum atomic E-state index is -0.366. The molecule has 132 valence electrons. The van der Waals surface area contributed by atoms with Crippen molar-refractivity contribution in [1.29, 1.82) is 0 Å². The van der Waals surface area contributed by atoms with Crippen LogP contribution in [0.15, 0.2) is 39.8 Å². The van der Waals surface area contributed by atoms with Crippen LogP contribution in [0, 0.1) is 0 Å². The second-order valence-corrected chi connectivity index (χ2v) is 5.55. The molecule has 0 unspecified atom stereocenters. The average molecular weight is 344 g/mol. The topological polar surface area (TPSA) is 98.4 Å². The lowest BCUT2D eigenvalue weighted by atomic mass is 10.2. The van der Waals surface area contributed by atoms with Crippen molar-refractivity contribution in [3.05, 3.63) is 40.9 Å². The maximum Gasteiger partial charge on any atom is 0.297 e. The summed E-state index contributed by atoms with van der Waals surface area (Å²) in [7, 11) is 1.63. The van der Waals surface area contributed by atoms with Crippen molar-refractivity contribution in [2.75, 3.05) is 33.4 Å². The number of nitrogens with one attached hydrogen (secondary N) is 2. The second kappa shape index (κ2) is 7.91. The lowest BCUT2D eigenvalue weighted by molar-refractivity contribution is -0.121. The van der Waals surface area contributed by atoms with Gasteiger partial charge in [-0.25, -0.2) is 4.98 Å². The molecule has 2 aromatic heterocycles. The third kappa shape index (κ3) is 3.86. The predicted octanol–water partition coefficient (Wildman–Crippen LogP) is 0.495. The molecule has 0 fully saturated rings. The fraction of sp³-hybridized carbons (Fsp3) is 0.353. The lowest BCUT2D eigenvalue weighted by Gasteiger charge is -2.07. The Bertz CT molecular complexity index is 931. The highest BCUT2D eigenvalue weighted by Crippen LogP contribution is 2.23. The lowest BCUT2D eigenvalue weighted by Crippen LogP contribution is -2.36. The van der Waals surface area contributed by atoms with Gasteiger partial charge >= 0.3 is 0 Å². The quantitative estimate of drug-likeness (QED) is 0.577. The maximum atomic E-state index is 12.5. The number of nitrogens with zero attached hydrogens (tertiary/aromatic N) is 2. The standard InChI is InChI=1S/C17H20N4O4/c1-24-9-8-18-6-7-19-14(22)10-21-11-20-15-12-4-2-3-5-13(12)25-16(15)17(21)23/h2-5,11,18H,6-10H2,1H3,(H,19,22). The molecule has 8 heteroatoms. The number of carbonyl (C=O) groups excluding carboxylic acids is 1. The van der Waals surface area contributed by atoms with E-state index < -0.39 is 0 Å². The summed E-state index contributed by atoms with van der Waals surface area (Å²) >= 11 is 0.